The molecule has 0 unspecified atom stereocenters. The highest BCUT2D eigenvalue weighted by Gasteiger charge is 2.22. The fraction of sp³-hybridized carbons (Fsp3) is 0.0175. The van der Waals surface area contributed by atoms with Crippen molar-refractivity contribution in [1.29, 1.82) is 0 Å². The summed E-state index contributed by atoms with van der Waals surface area (Å²) in [5, 5.41) is 13.2. The van der Waals surface area contributed by atoms with Crippen LogP contribution < -0.4 is 0 Å². The molecule has 0 atom stereocenters. The van der Waals surface area contributed by atoms with Gasteiger partial charge in [-0.3, -0.25) is 0 Å². The lowest BCUT2D eigenvalue weighted by Gasteiger charge is -2.20. The maximum absolute atomic E-state index is 6.67. The number of benzene rings is 10. The zero-order valence-corrected chi connectivity index (χ0v) is 32.4. The fourth-order valence-electron chi connectivity index (χ4n) is 9.87. The van der Waals surface area contributed by atoms with Crippen LogP contribution in [0, 0.1) is 6.92 Å². The third kappa shape index (κ3) is 4.93. The highest BCUT2D eigenvalue weighted by atomic mass is 16.3. The Hall–Kier alpha value is -7.68. The lowest BCUT2D eigenvalue weighted by atomic mass is 9.83. The molecule has 2 heterocycles. The summed E-state index contributed by atoms with van der Waals surface area (Å²) in [6.07, 6.45) is 1.91. The summed E-state index contributed by atoms with van der Waals surface area (Å²) in [6.45, 7) is 6.27. The van der Waals surface area contributed by atoms with Gasteiger partial charge in [0.2, 0.25) is 0 Å². The smallest absolute Gasteiger partial charge is 0.143 e. The zero-order valence-electron chi connectivity index (χ0n) is 32.4. The van der Waals surface area contributed by atoms with E-state index in [0.717, 1.165) is 60.9 Å². The topological polar surface area (TPSA) is 26.3 Å². The quantitative estimate of drug-likeness (QED) is 0.164. The van der Waals surface area contributed by atoms with Crippen molar-refractivity contribution in [2.45, 2.75) is 6.92 Å². The Balaban J connectivity index is 1.05. The summed E-state index contributed by atoms with van der Waals surface area (Å²) in [5.74, 6) is 0.879. The van der Waals surface area contributed by atoms with Crippen molar-refractivity contribution in [3.05, 3.63) is 200 Å². The molecule has 0 aliphatic heterocycles. The molecule has 0 fully saturated rings. The van der Waals surface area contributed by atoms with Gasteiger partial charge in [-0.1, -0.05) is 170 Å². The molecule has 276 valence electrons. The van der Waals surface area contributed by atoms with E-state index >= 15 is 0 Å². The molecule has 0 N–H and O–H groups in total. The monoisotopic (exact) mass is 752 g/mol. The molecule has 0 aliphatic carbocycles. The van der Waals surface area contributed by atoms with E-state index in [-0.39, 0.29) is 0 Å². The number of furan rings is 2. The maximum Gasteiger partial charge on any atom is 0.143 e. The van der Waals surface area contributed by atoms with Crippen molar-refractivity contribution in [2.75, 3.05) is 0 Å². The van der Waals surface area contributed by atoms with Crippen LogP contribution in [-0.2, 0) is 0 Å². The summed E-state index contributed by atoms with van der Waals surface area (Å²) in [5.41, 5.74) is 13.0. The molecule has 0 bridgehead atoms. The molecular weight excluding hydrogens is 717 g/mol. The minimum atomic E-state index is 0.834. The Morgan fingerprint density at radius 3 is 1.59 bits per heavy atom. The lowest BCUT2D eigenvalue weighted by Crippen LogP contribution is -1.93. The highest BCUT2D eigenvalue weighted by Crippen LogP contribution is 2.48. The van der Waals surface area contributed by atoms with Gasteiger partial charge in [-0.25, -0.2) is 0 Å². The van der Waals surface area contributed by atoms with E-state index in [4.69, 9.17) is 8.83 Å². The second-order valence-electron chi connectivity index (χ2n) is 15.5. The standard InChI is InChI=1S/C57H36O2/c1-3-37-47(54-34(2)58-52-26-13-12-24-50(52)54)30-31-49-51-33-36(27-32-53(51)59-57(37)49)39-28-29-48(41-19-7-6-18-40(39)41)56-45-22-10-8-20-43(45)55(44-21-9-11-23-46(44)56)42-25-14-16-35-15-4-5-17-38(35)42/h3-33H,1H2,2H3. The van der Waals surface area contributed by atoms with E-state index in [1.807, 2.05) is 25.1 Å². The summed E-state index contributed by atoms with van der Waals surface area (Å²) < 4.78 is 12.8. The average molecular weight is 753 g/mol. The van der Waals surface area contributed by atoms with Crippen LogP contribution in [-0.4, -0.2) is 0 Å². The van der Waals surface area contributed by atoms with Crippen molar-refractivity contribution in [3.8, 4) is 44.5 Å². The molecule has 0 aliphatic rings. The first-order valence-electron chi connectivity index (χ1n) is 20.2. The van der Waals surface area contributed by atoms with Gasteiger partial charge in [0.05, 0.1) is 0 Å². The van der Waals surface area contributed by atoms with E-state index in [1.54, 1.807) is 0 Å². The van der Waals surface area contributed by atoms with Crippen LogP contribution in [0.4, 0.5) is 0 Å². The summed E-state index contributed by atoms with van der Waals surface area (Å²) in [7, 11) is 0. The molecule has 2 heteroatoms. The van der Waals surface area contributed by atoms with Crippen molar-refractivity contribution in [2.24, 2.45) is 0 Å². The van der Waals surface area contributed by atoms with Crippen molar-refractivity contribution < 1.29 is 8.83 Å². The van der Waals surface area contributed by atoms with Crippen molar-refractivity contribution in [1.82, 2.24) is 0 Å². The second kappa shape index (κ2) is 12.9. The van der Waals surface area contributed by atoms with Crippen LogP contribution in [0.15, 0.2) is 197 Å². The summed E-state index contributed by atoms with van der Waals surface area (Å²) in [6, 6.07) is 65.9. The van der Waals surface area contributed by atoms with Gasteiger partial charge in [0.15, 0.2) is 0 Å². The molecule has 2 aromatic heterocycles. The first-order chi connectivity index (χ1) is 29.2. The van der Waals surface area contributed by atoms with Crippen LogP contribution in [0.2, 0.25) is 0 Å². The number of hydrogen-bond acceptors (Lipinski definition) is 2. The fourth-order valence-corrected chi connectivity index (χ4v) is 9.87. The minimum absolute atomic E-state index is 0.834. The molecular formula is C57H36O2. The van der Waals surface area contributed by atoms with Gasteiger partial charge in [0.1, 0.15) is 22.5 Å². The predicted molar refractivity (Wildman–Crippen MR) is 250 cm³/mol. The number of hydrogen-bond donors (Lipinski definition) is 0. The van der Waals surface area contributed by atoms with Crippen LogP contribution >= 0.6 is 0 Å². The van der Waals surface area contributed by atoms with Gasteiger partial charge in [-0.15, -0.1) is 0 Å². The molecule has 0 amide bonds. The maximum atomic E-state index is 6.67. The largest absolute Gasteiger partial charge is 0.461 e. The Kier molecular flexibility index (Phi) is 7.33. The predicted octanol–water partition coefficient (Wildman–Crippen LogP) is 16.6. The van der Waals surface area contributed by atoms with Gasteiger partial charge >= 0.3 is 0 Å². The van der Waals surface area contributed by atoms with Gasteiger partial charge < -0.3 is 8.83 Å². The lowest BCUT2D eigenvalue weighted by molar-refractivity contribution is 0.580. The number of rotatable bonds is 5. The molecule has 0 saturated heterocycles. The van der Waals surface area contributed by atoms with Gasteiger partial charge in [-0.2, -0.15) is 0 Å². The molecule has 12 rings (SSSR count). The number of aryl methyl sites for hydroxylation is 1. The van der Waals surface area contributed by atoms with Crippen LogP contribution in [0.1, 0.15) is 11.3 Å². The average Bonchev–Trinajstić information content (AvgIpc) is 3.83. The van der Waals surface area contributed by atoms with E-state index in [0.29, 0.717) is 0 Å². The first-order valence-corrected chi connectivity index (χ1v) is 20.2. The van der Waals surface area contributed by atoms with Crippen LogP contribution in [0.25, 0.3) is 127 Å². The van der Waals surface area contributed by atoms with Crippen LogP contribution in [0.5, 0.6) is 0 Å². The van der Waals surface area contributed by atoms with E-state index < -0.39 is 0 Å². The molecule has 0 radical (unpaired) electrons. The van der Waals surface area contributed by atoms with Crippen molar-refractivity contribution >= 4 is 82.1 Å². The Bertz CT molecular complexity index is 3640. The SMILES string of the molecule is C=Cc1c(-c2c(C)oc3ccccc23)ccc2c1oc1ccc(-c3ccc(-c4c5ccccc5c(-c5cccc6ccccc56)c5ccccc45)c4ccccc34)cc12. The molecule has 0 spiro atoms. The molecule has 2 nitrogen and oxygen atoms in total. The van der Waals surface area contributed by atoms with Crippen molar-refractivity contribution in [3.63, 3.8) is 0 Å². The van der Waals surface area contributed by atoms with Gasteiger partial charge in [-0.05, 0) is 113 Å². The molecule has 0 saturated carbocycles. The Morgan fingerprint density at radius 2 is 0.898 bits per heavy atom. The highest BCUT2D eigenvalue weighted by molar-refractivity contribution is 6.26. The van der Waals surface area contributed by atoms with E-state index in [2.05, 4.69) is 176 Å². The number of para-hydroxylation sites is 1. The minimum Gasteiger partial charge on any atom is -0.461 e. The third-order valence-electron chi connectivity index (χ3n) is 12.4. The Labute approximate surface area is 340 Å². The number of fused-ring (bicyclic) bond motifs is 8. The third-order valence-corrected chi connectivity index (χ3v) is 12.4. The first kappa shape index (κ1) is 33.5. The molecule has 12 aromatic rings. The summed E-state index contributed by atoms with van der Waals surface area (Å²) in [4.78, 5) is 0. The summed E-state index contributed by atoms with van der Waals surface area (Å²) >= 11 is 0. The van der Waals surface area contributed by atoms with Gasteiger partial charge in [0, 0.05) is 27.3 Å². The normalized spacial score (nSPS) is 11.9. The van der Waals surface area contributed by atoms with E-state index in [9.17, 15) is 0 Å². The second-order valence-corrected chi connectivity index (χ2v) is 15.5. The molecule has 59 heavy (non-hydrogen) atoms. The zero-order chi connectivity index (χ0) is 39.2. The van der Waals surface area contributed by atoms with Crippen LogP contribution in [0.3, 0.4) is 0 Å². The molecule has 10 aromatic carbocycles. The Morgan fingerprint density at radius 1 is 0.373 bits per heavy atom. The van der Waals surface area contributed by atoms with Gasteiger partial charge in [0.25, 0.3) is 0 Å². The van der Waals surface area contributed by atoms with E-state index in [1.165, 1.54) is 70.9 Å².